The maximum Gasteiger partial charge on any atom is 0.156 e. The van der Waals surface area contributed by atoms with Crippen molar-refractivity contribution >= 4 is 32.3 Å². The normalized spacial score (nSPS) is 11.8. The summed E-state index contributed by atoms with van der Waals surface area (Å²) in [6.45, 7) is 0. The first-order valence-electron chi connectivity index (χ1n) is 10.5. The predicted octanol–water partition coefficient (Wildman–Crippen LogP) is 6.02. The highest BCUT2D eigenvalue weighted by molar-refractivity contribution is 6.25. The first kappa shape index (κ1) is 17.2. The summed E-state index contributed by atoms with van der Waals surface area (Å²) in [7, 11) is 0. The molecule has 0 N–H and O–H groups in total. The van der Waals surface area contributed by atoms with E-state index < -0.39 is 0 Å². The second-order valence-electron chi connectivity index (χ2n) is 7.94. The molecule has 3 aromatic heterocycles. The molecular formula is C27H17N5. The van der Waals surface area contributed by atoms with Crippen LogP contribution in [-0.4, -0.2) is 24.5 Å². The largest absolute Gasteiger partial charge is 0.223 e. The first-order chi connectivity index (χ1) is 15.8. The van der Waals surface area contributed by atoms with Crippen molar-refractivity contribution in [2.75, 3.05) is 0 Å². The van der Waals surface area contributed by atoms with Gasteiger partial charge in [0.1, 0.15) is 0 Å². The number of pyridine rings is 1. The van der Waals surface area contributed by atoms with Gasteiger partial charge in [0.2, 0.25) is 0 Å². The monoisotopic (exact) mass is 411 g/mol. The van der Waals surface area contributed by atoms with E-state index in [1.54, 1.807) is 21.8 Å². The van der Waals surface area contributed by atoms with Crippen LogP contribution < -0.4 is 0 Å². The average Bonchev–Trinajstić information content (AvgIpc) is 3.57. The molecule has 0 bridgehead atoms. The van der Waals surface area contributed by atoms with Crippen LogP contribution >= 0.6 is 0 Å². The minimum absolute atomic E-state index is 0.753. The number of hydrogen-bond acceptors (Lipinski definition) is 3. The number of aromatic nitrogens is 5. The second kappa shape index (κ2) is 6.49. The lowest BCUT2D eigenvalue weighted by atomic mass is 9.90. The van der Waals surface area contributed by atoms with Crippen LogP contribution in [0, 0.1) is 0 Å². The second-order valence-corrected chi connectivity index (χ2v) is 7.94. The highest BCUT2D eigenvalue weighted by Gasteiger charge is 2.14. The van der Waals surface area contributed by atoms with Crippen molar-refractivity contribution in [3.05, 3.63) is 104 Å². The van der Waals surface area contributed by atoms with Crippen molar-refractivity contribution in [1.29, 1.82) is 0 Å². The lowest BCUT2D eigenvalue weighted by Crippen LogP contribution is -2.05. The van der Waals surface area contributed by atoms with Gasteiger partial charge in [0.25, 0.3) is 0 Å². The van der Waals surface area contributed by atoms with Crippen LogP contribution in [-0.2, 0) is 0 Å². The van der Waals surface area contributed by atoms with Crippen LogP contribution in [0.5, 0.6) is 0 Å². The predicted molar refractivity (Wildman–Crippen MR) is 128 cm³/mol. The summed E-state index contributed by atoms with van der Waals surface area (Å²) in [5.74, 6) is 1.51. The van der Waals surface area contributed by atoms with E-state index >= 15 is 0 Å². The molecule has 0 aliphatic rings. The summed E-state index contributed by atoms with van der Waals surface area (Å²) in [5.41, 5.74) is 2.24. The molecule has 7 aromatic rings. The highest BCUT2D eigenvalue weighted by atomic mass is 15.3. The van der Waals surface area contributed by atoms with Crippen molar-refractivity contribution < 1.29 is 0 Å². The summed E-state index contributed by atoms with van der Waals surface area (Å²) in [5, 5.41) is 16.4. The van der Waals surface area contributed by atoms with Crippen molar-refractivity contribution in [3.63, 3.8) is 0 Å². The molecule has 0 unspecified atom stereocenters. The van der Waals surface area contributed by atoms with Gasteiger partial charge in [-0.15, -0.1) is 0 Å². The van der Waals surface area contributed by atoms with Crippen LogP contribution in [0.25, 0.3) is 55.1 Å². The minimum atomic E-state index is 0.753. The third-order valence-electron chi connectivity index (χ3n) is 6.12. The Morgan fingerprint density at radius 3 is 1.78 bits per heavy atom. The van der Waals surface area contributed by atoms with Gasteiger partial charge >= 0.3 is 0 Å². The van der Waals surface area contributed by atoms with E-state index in [1.165, 1.54) is 37.9 Å². The summed E-state index contributed by atoms with van der Waals surface area (Å²) in [4.78, 5) is 4.81. The average molecular weight is 411 g/mol. The van der Waals surface area contributed by atoms with Gasteiger partial charge in [0.05, 0.1) is 0 Å². The molecule has 4 aromatic carbocycles. The number of hydrogen-bond donors (Lipinski definition) is 0. The van der Waals surface area contributed by atoms with Crippen LogP contribution in [0.15, 0.2) is 104 Å². The summed E-state index contributed by atoms with van der Waals surface area (Å²) < 4.78 is 3.57. The zero-order valence-electron chi connectivity index (χ0n) is 17.1. The molecular weight excluding hydrogens is 394 g/mol. The molecule has 0 saturated heterocycles. The number of rotatable bonds is 3. The third kappa shape index (κ3) is 2.48. The zero-order valence-corrected chi connectivity index (χ0v) is 17.1. The Kier molecular flexibility index (Phi) is 3.49. The van der Waals surface area contributed by atoms with Gasteiger partial charge in [-0.3, -0.25) is 0 Å². The maximum atomic E-state index is 4.81. The van der Waals surface area contributed by atoms with Gasteiger partial charge in [-0.05, 0) is 67.7 Å². The Balaban J connectivity index is 1.56. The van der Waals surface area contributed by atoms with Gasteiger partial charge < -0.3 is 0 Å². The Morgan fingerprint density at radius 2 is 1.16 bits per heavy atom. The summed E-state index contributed by atoms with van der Waals surface area (Å²) in [6, 6.07) is 27.8. The van der Waals surface area contributed by atoms with Crippen molar-refractivity contribution in [2.45, 2.75) is 0 Å². The van der Waals surface area contributed by atoms with Gasteiger partial charge in [-0.25, -0.2) is 14.3 Å². The van der Waals surface area contributed by atoms with Crippen LogP contribution in [0.4, 0.5) is 0 Å². The minimum Gasteiger partial charge on any atom is -0.223 e. The van der Waals surface area contributed by atoms with Crippen LogP contribution in [0.3, 0.4) is 0 Å². The molecule has 3 heterocycles. The van der Waals surface area contributed by atoms with Crippen molar-refractivity contribution in [3.8, 4) is 22.8 Å². The van der Waals surface area contributed by atoms with E-state index in [4.69, 9.17) is 4.98 Å². The molecule has 32 heavy (non-hydrogen) atoms. The van der Waals surface area contributed by atoms with E-state index in [2.05, 4.69) is 76.9 Å². The van der Waals surface area contributed by atoms with Gasteiger partial charge in [0, 0.05) is 24.8 Å². The smallest absolute Gasteiger partial charge is 0.156 e. The fourth-order valence-corrected chi connectivity index (χ4v) is 4.69. The zero-order chi connectivity index (χ0) is 21.1. The maximum absolute atomic E-state index is 4.81. The van der Waals surface area contributed by atoms with E-state index in [0.29, 0.717) is 0 Å². The molecule has 0 radical (unpaired) electrons. The lowest BCUT2D eigenvalue weighted by molar-refractivity contribution is 0.804. The number of nitrogens with zero attached hydrogens (tertiary/aromatic N) is 5. The third-order valence-corrected chi connectivity index (χ3v) is 6.12. The molecule has 150 valence electrons. The fourth-order valence-electron chi connectivity index (χ4n) is 4.69. The molecule has 0 saturated carbocycles. The van der Waals surface area contributed by atoms with Crippen LogP contribution in [0.2, 0.25) is 0 Å². The number of benzene rings is 4. The SMILES string of the molecule is c1cc2ccc3ccc(-c4cc(-n5cccn5)nc(-n5cccn5)c4)c4ccc(c1)c2c34. The van der Waals surface area contributed by atoms with E-state index in [1.807, 2.05) is 24.5 Å². The van der Waals surface area contributed by atoms with Crippen molar-refractivity contribution in [2.24, 2.45) is 0 Å². The molecule has 0 aliphatic heterocycles. The molecule has 7 rings (SSSR count). The van der Waals surface area contributed by atoms with Gasteiger partial charge in [-0.1, -0.05) is 54.6 Å². The standard InChI is InChI=1S/C27H17N5/c1-4-18-6-7-20-8-10-22(23-11-9-19(5-1)26(18)27(20)23)21-16-24(31-14-2-12-28-31)30-25(17-21)32-15-3-13-29-32/h1-17H. The summed E-state index contributed by atoms with van der Waals surface area (Å²) >= 11 is 0. The Hall–Kier alpha value is -4.51. The van der Waals surface area contributed by atoms with E-state index in [0.717, 1.165) is 17.2 Å². The first-order valence-corrected chi connectivity index (χ1v) is 10.5. The van der Waals surface area contributed by atoms with E-state index in [-0.39, 0.29) is 0 Å². The highest BCUT2D eigenvalue weighted by Crippen LogP contribution is 2.39. The van der Waals surface area contributed by atoms with Crippen LogP contribution in [0.1, 0.15) is 0 Å². The molecule has 0 aliphatic carbocycles. The Bertz CT molecular complexity index is 1640. The fraction of sp³-hybridized carbons (Fsp3) is 0. The Labute approximate surface area is 183 Å². The Morgan fingerprint density at radius 1 is 0.562 bits per heavy atom. The van der Waals surface area contributed by atoms with Gasteiger partial charge in [0.15, 0.2) is 11.6 Å². The molecule has 0 spiro atoms. The lowest BCUT2D eigenvalue weighted by Gasteiger charge is -2.15. The van der Waals surface area contributed by atoms with Crippen molar-refractivity contribution in [1.82, 2.24) is 24.5 Å². The summed E-state index contributed by atoms with van der Waals surface area (Å²) in [6.07, 6.45) is 7.34. The quantitative estimate of drug-likeness (QED) is 0.334. The molecule has 5 nitrogen and oxygen atoms in total. The molecule has 0 fully saturated rings. The molecule has 0 amide bonds. The topological polar surface area (TPSA) is 48.5 Å². The molecule has 5 heteroatoms. The molecule has 0 atom stereocenters. The van der Waals surface area contributed by atoms with Gasteiger partial charge in [-0.2, -0.15) is 10.2 Å². The van der Waals surface area contributed by atoms with E-state index in [9.17, 15) is 0 Å².